The normalized spacial score (nSPS) is 21.4. The van der Waals surface area contributed by atoms with Crippen molar-refractivity contribution in [3.8, 4) is 0 Å². The van der Waals surface area contributed by atoms with Crippen LogP contribution in [0.3, 0.4) is 0 Å². The van der Waals surface area contributed by atoms with Gasteiger partial charge in [-0.05, 0) is 36.8 Å². The second kappa shape index (κ2) is 5.46. The van der Waals surface area contributed by atoms with E-state index in [9.17, 15) is 4.79 Å². The summed E-state index contributed by atoms with van der Waals surface area (Å²) in [7, 11) is 0. The fourth-order valence-electron chi connectivity index (χ4n) is 2.24. The molecule has 0 saturated carbocycles. The Morgan fingerprint density at radius 3 is 3.19 bits per heavy atom. The molecule has 0 spiro atoms. The van der Waals surface area contributed by atoms with E-state index in [0.29, 0.717) is 12.3 Å². The van der Waals surface area contributed by atoms with Crippen LogP contribution in [0.1, 0.15) is 24.1 Å². The molecule has 0 bridgehead atoms. The zero-order valence-corrected chi connectivity index (χ0v) is 10.1. The van der Waals surface area contributed by atoms with Gasteiger partial charge in [0.1, 0.15) is 0 Å². The Bertz CT molecular complexity index is 337. The Morgan fingerprint density at radius 1 is 1.62 bits per heavy atom. The smallest absolute Gasteiger partial charge is 0.303 e. The molecule has 0 radical (unpaired) electrons. The van der Waals surface area contributed by atoms with Crippen LogP contribution in [-0.2, 0) is 11.3 Å². The molecule has 2 rings (SSSR count). The highest BCUT2D eigenvalue weighted by atomic mass is 32.1. The first-order chi connectivity index (χ1) is 7.74. The lowest BCUT2D eigenvalue weighted by molar-refractivity contribution is -0.137. The van der Waals surface area contributed by atoms with Crippen molar-refractivity contribution >= 4 is 17.3 Å². The predicted molar refractivity (Wildman–Crippen MR) is 64.6 cm³/mol. The second-order valence-corrected chi connectivity index (χ2v) is 5.43. The molecular formula is C12H17NO2S. The molecule has 4 heteroatoms. The van der Waals surface area contributed by atoms with E-state index in [1.165, 1.54) is 4.88 Å². The SMILES string of the molecule is O=C(O)CCC1CCN(Cc2cccs2)C1. The number of thiophene rings is 1. The fourth-order valence-corrected chi connectivity index (χ4v) is 2.99. The van der Waals surface area contributed by atoms with E-state index in [4.69, 9.17) is 5.11 Å². The first-order valence-corrected chi connectivity index (χ1v) is 6.58. The number of aliphatic carboxylic acids is 1. The van der Waals surface area contributed by atoms with Crippen LogP contribution in [0.5, 0.6) is 0 Å². The first-order valence-electron chi connectivity index (χ1n) is 5.70. The lowest BCUT2D eigenvalue weighted by atomic mass is 10.0. The summed E-state index contributed by atoms with van der Waals surface area (Å²) in [6.45, 7) is 3.20. The van der Waals surface area contributed by atoms with Crippen LogP contribution in [0.15, 0.2) is 17.5 Å². The number of likely N-dealkylation sites (tertiary alicyclic amines) is 1. The topological polar surface area (TPSA) is 40.5 Å². The summed E-state index contributed by atoms with van der Waals surface area (Å²) >= 11 is 1.79. The van der Waals surface area contributed by atoms with Gasteiger partial charge in [0.25, 0.3) is 0 Å². The molecule has 1 aromatic heterocycles. The predicted octanol–water partition coefficient (Wildman–Crippen LogP) is 2.43. The Labute approximate surface area is 99.7 Å². The third-order valence-electron chi connectivity index (χ3n) is 3.10. The lowest BCUT2D eigenvalue weighted by Crippen LogP contribution is -2.19. The summed E-state index contributed by atoms with van der Waals surface area (Å²) in [5, 5.41) is 10.7. The zero-order chi connectivity index (χ0) is 11.4. The minimum atomic E-state index is -0.670. The van der Waals surface area contributed by atoms with Crippen LogP contribution in [0, 0.1) is 5.92 Å². The van der Waals surface area contributed by atoms with E-state index < -0.39 is 5.97 Å². The van der Waals surface area contributed by atoms with Gasteiger partial charge in [-0.3, -0.25) is 9.69 Å². The quantitative estimate of drug-likeness (QED) is 0.858. The van der Waals surface area contributed by atoms with E-state index in [1.807, 2.05) is 0 Å². The van der Waals surface area contributed by atoms with E-state index in [0.717, 1.165) is 32.5 Å². The van der Waals surface area contributed by atoms with Crippen molar-refractivity contribution in [1.29, 1.82) is 0 Å². The van der Waals surface area contributed by atoms with Crippen molar-refractivity contribution in [1.82, 2.24) is 4.90 Å². The van der Waals surface area contributed by atoms with E-state index in [2.05, 4.69) is 22.4 Å². The molecule has 1 unspecified atom stereocenters. The Kier molecular flexibility index (Phi) is 3.96. The molecule has 88 valence electrons. The van der Waals surface area contributed by atoms with Crippen molar-refractivity contribution in [2.75, 3.05) is 13.1 Å². The van der Waals surface area contributed by atoms with Crippen molar-refractivity contribution in [3.05, 3.63) is 22.4 Å². The van der Waals surface area contributed by atoms with Crippen LogP contribution < -0.4 is 0 Å². The highest BCUT2D eigenvalue weighted by Crippen LogP contribution is 2.23. The third kappa shape index (κ3) is 3.32. The van der Waals surface area contributed by atoms with Gasteiger partial charge in [0.2, 0.25) is 0 Å². The van der Waals surface area contributed by atoms with Crippen molar-refractivity contribution in [2.24, 2.45) is 5.92 Å². The molecular weight excluding hydrogens is 222 g/mol. The number of hydrogen-bond donors (Lipinski definition) is 1. The molecule has 16 heavy (non-hydrogen) atoms. The van der Waals surface area contributed by atoms with Gasteiger partial charge in [0.05, 0.1) is 0 Å². The Balaban J connectivity index is 1.73. The minimum Gasteiger partial charge on any atom is -0.481 e. The van der Waals surface area contributed by atoms with Crippen LogP contribution in [0.2, 0.25) is 0 Å². The molecule has 3 nitrogen and oxygen atoms in total. The van der Waals surface area contributed by atoms with Gasteiger partial charge in [-0.15, -0.1) is 11.3 Å². The highest BCUT2D eigenvalue weighted by molar-refractivity contribution is 7.09. The number of nitrogens with zero attached hydrogens (tertiary/aromatic N) is 1. The number of carboxylic acid groups (broad SMARTS) is 1. The average molecular weight is 239 g/mol. The maximum atomic E-state index is 10.5. The Morgan fingerprint density at radius 2 is 2.50 bits per heavy atom. The van der Waals surface area contributed by atoms with Crippen LogP contribution in [-0.4, -0.2) is 29.1 Å². The zero-order valence-electron chi connectivity index (χ0n) is 9.26. The van der Waals surface area contributed by atoms with Crippen LogP contribution >= 0.6 is 11.3 Å². The molecule has 0 aromatic carbocycles. The Hall–Kier alpha value is -0.870. The van der Waals surface area contributed by atoms with Gasteiger partial charge in [0, 0.05) is 24.4 Å². The molecule has 1 N–H and O–H groups in total. The molecule has 1 saturated heterocycles. The maximum absolute atomic E-state index is 10.5. The van der Waals surface area contributed by atoms with E-state index >= 15 is 0 Å². The molecule has 1 aromatic rings. The van der Waals surface area contributed by atoms with Gasteiger partial charge in [-0.1, -0.05) is 6.07 Å². The molecule has 1 fully saturated rings. The number of carbonyl (C=O) groups is 1. The van der Waals surface area contributed by atoms with E-state index in [1.54, 1.807) is 11.3 Å². The van der Waals surface area contributed by atoms with Crippen LogP contribution in [0.4, 0.5) is 0 Å². The second-order valence-electron chi connectivity index (χ2n) is 4.40. The standard InChI is InChI=1S/C12H17NO2S/c14-12(15)4-3-10-5-6-13(8-10)9-11-2-1-7-16-11/h1-2,7,10H,3-6,8-9H2,(H,14,15). The van der Waals surface area contributed by atoms with Gasteiger partial charge in [-0.25, -0.2) is 0 Å². The lowest BCUT2D eigenvalue weighted by Gasteiger charge is -2.14. The molecule has 2 heterocycles. The third-order valence-corrected chi connectivity index (χ3v) is 3.96. The monoisotopic (exact) mass is 239 g/mol. The summed E-state index contributed by atoms with van der Waals surface area (Å²) < 4.78 is 0. The first kappa shape index (κ1) is 11.6. The van der Waals surface area contributed by atoms with Crippen LogP contribution in [0.25, 0.3) is 0 Å². The summed E-state index contributed by atoms with van der Waals surface area (Å²) in [5.41, 5.74) is 0. The molecule has 1 aliphatic heterocycles. The summed E-state index contributed by atoms with van der Waals surface area (Å²) in [5.74, 6) is -0.0900. The summed E-state index contributed by atoms with van der Waals surface area (Å²) in [6, 6.07) is 4.24. The summed E-state index contributed by atoms with van der Waals surface area (Å²) in [4.78, 5) is 14.3. The van der Waals surface area contributed by atoms with Gasteiger partial charge >= 0.3 is 5.97 Å². The number of hydrogen-bond acceptors (Lipinski definition) is 3. The molecule has 1 aliphatic rings. The average Bonchev–Trinajstić information content (AvgIpc) is 2.87. The largest absolute Gasteiger partial charge is 0.481 e. The molecule has 0 amide bonds. The van der Waals surface area contributed by atoms with Crippen molar-refractivity contribution < 1.29 is 9.90 Å². The van der Waals surface area contributed by atoms with Gasteiger partial charge in [-0.2, -0.15) is 0 Å². The van der Waals surface area contributed by atoms with Gasteiger partial charge in [0.15, 0.2) is 0 Å². The van der Waals surface area contributed by atoms with Gasteiger partial charge < -0.3 is 5.11 Å². The van der Waals surface area contributed by atoms with E-state index in [-0.39, 0.29) is 0 Å². The highest BCUT2D eigenvalue weighted by Gasteiger charge is 2.22. The maximum Gasteiger partial charge on any atom is 0.303 e. The minimum absolute atomic E-state index is 0.317. The fraction of sp³-hybridized carbons (Fsp3) is 0.583. The summed E-state index contributed by atoms with van der Waals surface area (Å²) in [6.07, 6.45) is 2.30. The number of carboxylic acids is 1. The molecule has 0 aliphatic carbocycles. The van der Waals surface area contributed by atoms with Crippen molar-refractivity contribution in [3.63, 3.8) is 0 Å². The molecule has 1 atom stereocenters. The van der Waals surface area contributed by atoms with Crippen molar-refractivity contribution in [2.45, 2.75) is 25.8 Å². The number of rotatable bonds is 5.